The third-order valence-electron chi connectivity index (χ3n) is 4.39. The maximum atomic E-state index is 12.5. The largest absolute Gasteiger partial charge is 0.371 e. The average molecular weight is 434 g/mol. The van der Waals surface area contributed by atoms with E-state index >= 15 is 0 Å². The van der Waals surface area contributed by atoms with Crippen molar-refractivity contribution in [1.29, 1.82) is 0 Å². The summed E-state index contributed by atoms with van der Waals surface area (Å²) >= 11 is 2.23. The van der Waals surface area contributed by atoms with Crippen molar-refractivity contribution in [2.75, 3.05) is 23.3 Å². The van der Waals surface area contributed by atoms with Crippen LogP contribution in [0.2, 0.25) is 0 Å². The average Bonchev–Trinajstić information content (AvgIpc) is 2.64. The molecule has 0 aromatic heterocycles. The van der Waals surface area contributed by atoms with Gasteiger partial charge in [0.2, 0.25) is 5.91 Å². The molecule has 1 fully saturated rings. The van der Waals surface area contributed by atoms with Crippen LogP contribution in [0.1, 0.15) is 23.2 Å². The smallest absolute Gasteiger partial charge is 0.227 e. The highest BCUT2D eigenvalue weighted by molar-refractivity contribution is 14.1. The third-order valence-corrected chi connectivity index (χ3v) is 5.33. The summed E-state index contributed by atoms with van der Waals surface area (Å²) in [5.41, 5.74) is 2.68. The van der Waals surface area contributed by atoms with Crippen LogP contribution in [0.15, 0.2) is 48.5 Å². The van der Waals surface area contributed by atoms with Crippen molar-refractivity contribution in [2.45, 2.75) is 12.8 Å². The summed E-state index contributed by atoms with van der Waals surface area (Å²) in [6.07, 6.45) is 2.53. The van der Waals surface area contributed by atoms with Crippen molar-refractivity contribution in [3.8, 4) is 0 Å². The van der Waals surface area contributed by atoms with Gasteiger partial charge in [-0.1, -0.05) is 12.1 Å². The van der Waals surface area contributed by atoms with Gasteiger partial charge in [0, 0.05) is 33.8 Å². The van der Waals surface area contributed by atoms with Crippen molar-refractivity contribution in [1.82, 2.24) is 0 Å². The molecule has 0 spiro atoms. The minimum absolute atomic E-state index is 0.0477. The highest BCUT2D eigenvalue weighted by Crippen LogP contribution is 2.25. The molecule has 2 aromatic rings. The highest BCUT2D eigenvalue weighted by Gasteiger charge is 2.25. The minimum Gasteiger partial charge on any atom is -0.371 e. The van der Waals surface area contributed by atoms with Crippen LogP contribution < -0.4 is 10.2 Å². The van der Waals surface area contributed by atoms with Gasteiger partial charge in [0.05, 0.1) is 5.69 Å². The molecule has 1 saturated heterocycles. The molecule has 0 unspecified atom stereocenters. The molecule has 1 aliphatic rings. The van der Waals surface area contributed by atoms with Gasteiger partial charge in [-0.15, -0.1) is 0 Å². The number of carbonyl (C=O) groups excluding carboxylic acids is 2. The summed E-state index contributed by atoms with van der Waals surface area (Å²) in [5.74, 6) is 0.154. The number of piperidine rings is 1. The molecular weight excluding hydrogens is 415 g/mol. The Morgan fingerprint density at radius 1 is 1.08 bits per heavy atom. The summed E-state index contributed by atoms with van der Waals surface area (Å²) in [4.78, 5) is 25.5. The molecule has 0 bridgehead atoms. The lowest BCUT2D eigenvalue weighted by atomic mass is 9.95. The number of nitrogens with zero attached hydrogens (tertiary/aromatic N) is 1. The molecule has 1 aliphatic heterocycles. The molecule has 1 heterocycles. The SMILES string of the molecule is O=Cc1ccc(N2CCC(C(=O)Nc3ccccc3I)CC2)cc1. The monoisotopic (exact) mass is 434 g/mol. The number of amides is 1. The van der Waals surface area contributed by atoms with E-state index in [1.54, 1.807) is 0 Å². The fourth-order valence-electron chi connectivity index (χ4n) is 2.96. The van der Waals surface area contributed by atoms with E-state index < -0.39 is 0 Å². The molecule has 5 heteroatoms. The minimum atomic E-state index is 0.0477. The van der Waals surface area contributed by atoms with Gasteiger partial charge in [-0.3, -0.25) is 9.59 Å². The number of hydrogen-bond acceptors (Lipinski definition) is 3. The number of hydrogen-bond donors (Lipinski definition) is 1. The van der Waals surface area contributed by atoms with Gasteiger partial charge in [0.25, 0.3) is 0 Å². The first-order chi connectivity index (χ1) is 11.7. The number of benzene rings is 2. The number of anilines is 2. The molecule has 3 rings (SSSR count). The summed E-state index contributed by atoms with van der Waals surface area (Å²) in [5, 5.41) is 3.05. The molecule has 1 amide bonds. The first-order valence-corrected chi connectivity index (χ1v) is 9.11. The fraction of sp³-hybridized carbons (Fsp3) is 0.263. The Morgan fingerprint density at radius 3 is 2.38 bits per heavy atom. The van der Waals surface area contributed by atoms with Crippen LogP contribution in [0, 0.1) is 9.49 Å². The van der Waals surface area contributed by atoms with Crippen molar-refractivity contribution >= 4 is 46.2 Å². The van der Waals surface area contributed by atoms with E-state index in [4.69, 9.17) is 0 Å². The zero-order valence-corrected chi connectivity index (χ0v) is 15.4. The van der Waals surface area contributed by atoms with Crippen molar-refractivity contribution in [3.63, 3.8) is 0 Å². The topological polar surface area (TPSA) is 49.4 Å². The maximum absolute atomic E-state index is 12.5. The Kier molecular flexibility index (Phi) is 5.50. The number of para-hydroxylation sites is 1. The van der Waals surface area contributed by atoms with E-state index in [9.17, 15) is 9.59 Å². The summed E-state index contributed by atoms with van der Waals surface area (Å²) in [6, 6.07) is 15.4. The zero-order chi connectivity index (χ0) is 16.9. The normalized spacial score (nSPS) is 15.1. The van der Waals surface area contributed by atoms with Gasteiger partial charge in [0.15, 0.2) is 0 Å². The predicted molar refractivity (Wildman–Crippen MR) is 105 cm³/mol. The summed E-state index contributed by atoms with van der Waals surface area (Å²) in [7, 11) is 0. The van der Waals surface area contributed by atoms with Crippen LogP contribution >= 0.6 is 22.6 Å². The predicted octanol–water partition coefficient (Wildman–Crippen LogP) is 3.96. The number of aldehydes is 1. The molecule has 0 radical (unpaired) electrons. The molecule has 0 saturated carbocycles. The Balaban J connectivity index is 1.57. The van der Waals surface area contributed by atoms with Gasteiger partial charge >= 0.3 is 0 Å². The molecule has 4 nitrogen and oxygen atoms in total. The van der Waals surface area contributed by atoms with E-state index in [2.05, 4.69) is 32.8 Å². The van der Waals surface area contributed by atoms with Gasteiger partial charge in [-0.2, -0.15) is 0 Å². The van der Waals surface area contributed by atoms with Crippen LogP contribution in [-0.4, -0.2) is 25.3 Å². The Hall–Kier alpha value is -1.89. The molecule has 0 atom stereocenters. The lowest BCUT2D eigenvalue weighted by Crippen LogP contribution is -2.38. The van der Waals surface area contributed by atoms with Crippen LogP contribution in [0.3, 0.4) is 0 Å². The van der Waals surface area contributed by atoms with Crippen molar-refractivity contribution in [3.05, 3.63) is 57.7 Å². The van der Waals surface area contributed by atoms with Gasteiger partial charge in [-0.05, 0) is 71.8 Å². The first-order valence-electron chi connectivity index (χ1n) is 8.03. The highest BCUT2D eigenvalue weighted by atomic mass is 127. The van der Waals surface area contributed by atoms with Crippen LogP contribution in [0.25, 0.3) is 0 Å². The lowest BCUT2D eigenvalue weighted by Gasteiger charge is -2.33. The zero-order valence-electron chi connectivity index (χ0n) is 13.2. The fourth-order valence-corrected chi connectivity index (χ4v) is 3.48. The standard InChI is InChI=1S/C19H19IN2O2/c20-17-3-1-2-4-18(17)21-19(24)15-9-11-22(12-10-15)16-7-5-14(13-23)6-8-16/h1-8,13,15H,9-12H2,(H,21,24). The third kappa shape index (κ3) is 3.95. The number of carbonyl (C=O) groups is 2. The lowest BCUT2D eigenvalue weighted by molar-refractivity contribution is -0.120. The molecule has 2 aromatic carbocycles. The second kappa shape index (κ2) is 7.79. The van der Waals surface area contributed by atoms with E-state index in [0.717, 1.165) is 47.2 Å². The quantitative estimate of drug-likeness (QED) is 0.586. The second-order valence-corrected chi connectivity index (χ2v) is 7.10. The van der Waals surface area contributed by atoms with E-state index in [1.165, 1.54) is 0 Å². The van der Waals surface area contributed by atoms with E-state index in [-0.39, 0.29) is 11.8 Å². The second-order valence-electron chi connectivity index (χ2n) is 5.94. The van der Waals surface area contributed by atoms with Crippen molar-refractivity contribution in [2.24, 2.45) is 5.92 Å². The Bertz CT molecular complexity index is 722. The number of halogens is 1. The molecule has 1 N–H and O–H groups in total. The summed E-state index contributed by atoms with van der Waals surface area (Å²) in [6.45, 7) is 1.70. The Morgan fingerprint density at radius 2 is 1.75 bits per heavy atom. The van der Waals surface area contributed by atoms with Crippen LogP contribution in [0.4, 0.5) is 11.4 Å². The molecular formula is C19H19IN2O2. The first kappa shape index (κ1) is 17.0. The van der Waals surface area contributed by atoms with Gasteiger partial charge in [0.1, 0.15) is 6.29 Å². The van der Waals surface area contributed by atoms with E-state index in [1.807, 2.05) is 48.5 Å². The van der Waals surface area contributed by atoms with E-state index in [0.29, 0.717) is 5.56 Å². The van der Waals surface area contributed by atoms with Crippen LogP contribution in [0.5, 0.6) is 0 Å². The maximum Gasteiger partial charge on any atom is 0.227 e. The number of nitrogens with one attached hydrogen (secondary N) is 1. The Labute approximate surface area is 155 Å². The summed E-state index contributed by atoms with van der Waals surface area (Å²) < 4.78 is 1.05. The molecule has 0 aliphatic carbocycles. The van der Waals surface area contributed by atoms with Crippen molar-refractivity contribution < 1.29 is 9.59 Å². The van der Waals surface area contributed by atoms with Gasteiger partial charge in [-0.25, -0.2) is 0 Å². The van der Waals surface area contributed by atoms with Gasteiger partial charge < -0.3 is 10.2 Å². The van der Waals surface area contributed by atoms with Crippen LogP contribution in [-0.2, 0) is 4.79 Å². The number of rotatable bonds is 4. The molecule has 24 heavy (non-hydrogen) atoms. The molecule has 124 valence electrons.